The van der Waals surface area contributed by atoms with Crippen LogP contribution in [0.3, 0.4) is 0 Å². The van der Waals surface area contributed by atoms with Crippen molar-refractivity contribution in [1.29, 1.82) is 0 Å². The Kier molecular flexibility index (Phi) is 17.6. The van der Waals surface area contributed by atoms with Gasteiger partial charge < -0.3 is 10.4 Å². The molecule has 144 valence electrons. The van der Waals surface area contributed by atoms with Gasteiger partial charge in [0.25, 0.3) is 0 Å². The van der Waals surface area contributed by atoms with Gasteiger partial charge in [0.2, 0.25) is 5.91 Å². The summed E-state index contributed by atoms with van der Waals surface area (Å²) in [7, 11) is 0. The van der Waals surface area contributed by atoms with E-state index in [4.69, 9.17) is 5.11 Å². The largest absolute Gasteiger partial charge is 0.481 e. The van der Waals surface area contributed by atoms with E-state index < -0.39 is 5.97 Å². The van der Waals surface area contributed by atoms with Crippen LogP contribution in [0.5, 0.6) is 0 Å². The summed E-state index contributed by atoms with van der Waals surface area (Å²) in [5, 5.41) is 11.1. The fraction of sp³-hybridized carbons (Fsp3) is 0.714. The van der Waals surface area contributed by atoms with Crippen LogP contribution in [0.25, 0.3) is 0 Å². The molecule has 0 aliphatic heterocycles. The van der Waals surface area contributed by atoms with Crippen LogP contribution < -0.4 is 5.32 Å². The summed E-state index contributed by atoms with van der Waals surface area (Å²) in [6, 6.07) is 0. The molecule has 0 heterocycles. The van der Waals surface area contributed by atoms with Crippen LogP contribution >= 0.6 is 0 Å². The molecule has 0 aliphatic rings. The lowest BCUT2D eigenvalue weighted by Gasteiger charge is -2.03. The Morgan fingerprint density at radius 1 is 0.800 bits per heavy atom. The molecule has 4 heteroatoms. The van der Waals surface area contributed by atoms with Crippen molar-refractivity contribution in [2.24, 2.45) is 0 Å². The number of carbonyl (C=O) groups is 2. The minimum Gasteiger partial charge on any atom is -0.481 e. The lowest BCUT2D eigenvalue weighted by molar-refractivity contribution is -0.136. The van der Waals surface area contributed by atoms with Crippen molar-refractivity contribution >= 4 is 11.9 Å². The number of hydrogen-bond acceptors (Lipinski definition) is 2. The first-order valence-electron chi connectivity index (χ1n) is 9.97. The minimum atomic E-state index is -0.878. The average molecular weight is 352 g/mol. The molecule has 0 aromatic carbocycles. The minimum absolute atomic E-state index is 0.00664. The van der Waals surface area contributed by atoms with E-state index in [0.29, 0.717) is 6.42 Å². The van der Waals surface area contributed by atoms with Crippen LogP contribution in [-0.2, 0) is 9.59 Å². The summed E-state index contributed by atoms with van der Waals surface area (Å²) in [4.78, 5) is 21.8. The zero-order valence-corrected chi connectivity index (χ0v) is 16.0. The molecule has 0 saturated carbocycles. The highest BCUT2D eigenvalue weighted by molar-refractivity contribution is 5.76. The van der Waals surface area contributed by atoms with Crippen LogP contribution in [0.4, 0.5) is 0 Å². The average Bonchev–Trinajstić information content (AvgIpc) is 2.58. The van der Waals surface area contributed by atoms with Gasteiger partial charge in [-0.05, 0) is 32.1 Å². The topological polar surface area (TPSA) is 66.4 Å². The lowest BCUT2D eigenvalue weighted by Crippen LogP contribution is -2.25. The van der Waals surface area contributed by atoms with Gasteiger partial charge in [0.15, 0.2) is 0 Å². The number of nitrogens with one attached hydrogen (secondary N) is 1. The third kappa shape index (κ3) is 20.4. The van der Waals surface area contributed by atoms with Crippen molar-refractivity contribution < 1.29 is 14.7 Å². The Morgan fingerprint density at radius 2 is 1.36 bits per heavy atom. The molecule has 0 saturated heterocycles. The van der Waals surface area contributed by atoms with Crippen molar-refractivity contribution in [2.75, 3.05) is 6.54 Å². The predicted molar refractivity (Wildman–Crippen MR) is 105 cm³/mol. The van der Waals surface area contributed by atoms with E-state index in [-0.39, 0.29) is 18.9 Å². The third-order valence-electron chi connectivity index (χ3n) is 4.04. The first-order valence-corrected chi connectivity index (χ1v) is 9.97. The second-order valence-electron chi connectivity index (χ2n) is 6.51. The van der Waals surface area contributed by atoms with Gasteiger partial charge in [-0.25, -0.2) is 0 Å². The zero-order valence-electron chi connectivity index (χ0n) is 16.0. The highest BCUT2D eigenvalue weighted by atomic mass is 16.4. The third-order valence-corrected chi connectivity index (χ3v) is 4.04. The van der Waals surface area contributed by atoms with Crippen LogP contribution in [-0.4, -0.2) is 23.5 Å². The smallest absolute Gasteiger partial charge is 0.305 e. The molecule has 0 rings (SSSR count). The molecule has 4 nitrogen and oxygen atoms in total. The van der Waals surface area contributed by atoms with E-state index in [0.717, 1.165) is 25.7 Å². The summed E-state index contributed by atoms with van der Waals surface area (Å²) in [5.41, 5.74) is 0. The van der Waals surface area contributed by atoms with Crippen molar-refractivity contribution in [2.45, 2.75) is 90.4 Å². The van der Waals surface area contributed by atoms with Gasteiger partial charge in [0.1, 0.15) is 0 Å². The molecule has 0 aromatic rings. The van der Waals surface area contributed by atoms with Crippen LogP contribution in [0, 0.1) is 0 Å². The van der Waals surface area contributed by atoms with E-state index in [9.17, 15) is 9.59 Å². The fourth-order valence-corrected chi connectivity index (χ4v) is 2.51. The number of amides is 1. The number of carbonyl (C=O) groups excluding carboxylic acids is 1. The Balaban J connectivity index is 3.30. The van der Waals surface area contributed by atoms with Crippen molar-refractivity contribution in [3.8, 4) is 0 Å². The molecule has 0 fully saturated rings. The molecule has 1 amide bonds. The molecule has 2 N–H and O–H groups in total. The van der Waals surface area contributed by atoms with Crippen LogP contribution in [0.15, 0.2) is 24.3 Å². The van der Waals surface area contributed by atoms with Crippen molar-refractivity contribution in [3.05, 3.63) is 24.3 Å². The highest BCUT2D eigenvalue weighted by Crippen LogP contribution is 2.08. The maximum Gasteiger partial charge on any atom is 0.305 e. The molecule has 0 aliphatic carbocycles. The molecular formula is C21H37NO3. The normalized spacial score (nSPS) is 11.4. The van der Waals surface area contributed by atoms with Gasteiger partial charge in [0.05, 0.1) is 6.42 Å². The fourth-order valence-electron chi connectivity index (χ4n) is 2.51. The molecule has 0 spiro atoms. The summed E-state index contributed by atoms with van der Waals surface area (Å²) < 4.78 is 0. The Labute approximate surface area is 153 Å². The number of aliphatic carboxylic acids is 1. The Hall–Kier alpha value is -1.58. The lowest BCUT2D eigenvalue weighted by atomic mass is 10.1. The number of unbranched alkanes of at least 4 members (excludes halogenated alkanes) is 9. The maximum atomic E-state index is 11.4. The van der Waals surface area contributed by atoms with Gasteiger partial charge in [-0.2, -0.15) is 0 Å². The van der Waals surface area contributed by atoms with Gasteiger partial charge in [-0.3, -0.25) is 9.59 Å². The van der Waals surface area contributed by atoms with E-state index in [1.807, 2.05) is 0 Å². The van der Waals surface area contributed by atoms with Gasteiger partial charge in [-0.1, -0.05) is 69.8 Å². The van der Waals surface area contributed by atoms with E-state index in [1.54, 1.807) is 0 Å². The van der Waals surface area contributed by atoms with Crippen LogP contribution in [0.2, 0.25) is 0 Å². The molecule has 0 atom stereocenters. The second kappa shape index (κ2) is 18.8. The first-order chi connectivity index (χ1) is 12.2. The summed E-state index contributed by atoms with van der Waals surface area (Å²) in [6.45, 7) is 2.47. The molecule has 0 aromatic heterocycles. The van der Waals surface area contributed by atoms with E-state index in [1.165, 1.54) is 44.9 Å². The summed E-state index contributed by atoms with van der Waals surface area (Å²) in [6.07, 6.45) is 22.4. The highest BCUT2D eigenvalue weighted by Gasteiger charge is 2.02. The summed E-state index contributed by atoms with van der Waals surface area (Å²) in [5.74, 6) is -0.914. The zero-order chi connectivity index (χ0) is 18.6. The predicted octanol–water partition coefficient (Wildman–Crippen LogP) is 5.39. The number of carboxylic acid groups (broad SMARTS) is 1. The second-order valence-corrected chi connectivity index (χ2v) is 6.51. The molecule has 0 unspecified atom stereocenters. The van der Waals surface area contributed by atoms with Crippen molar-refractivity contribution in [3.63, 3.8) is 0 Å². The molecule has 25 heavy (non-hydrogen) atoms. The van der Waals surface area contributed by atoms with E-state index >= 15 is 0 Å². The van der Waals surface area contributed by atoms with Gasteiger partial charge in [0, 0.05) is 13.0 Å². The Morgan fingerprint density at radius 3 is 1.96 bits per heavy atom. The SMILES string of the molecule is CCCCCC/C=C/C=C\CCCCCCCC(=O)NCCC(=O)O. The standard InChI is InChI=1S/C21H37NO3/c1-2-3-4-5-6-7-8-9-10-11-12-13-14-15-16-17-20(23)22-19-18-21(24)25/h7-10H,2-6,11-19H2,1H3,(H,22,23)(H,24,25)/b8-7+,10-9-. The number of hydrogen-bond donors (Lipinski definition) is 2. The number of rotatable bonds is 17. The monoisotopic (exact) mass is 351 g/mol. The van der Waals surface area contributed by atoms with E-state index in [2.05, 4.69) is 36.5 Å². The van der Waals surface area contributed by atoms with Crippen molar-refractivity contribution in [1.82, 2.24) is 5.32 Å². The number of allylic oxidation sites excluding steroid dienone is 4. The van der Waals surface area contributed by atoms with Crippen LogP contribution in [0.1, 0.15) is 90.4 Å². The maximum absolute atomic E-state index is 11.4. The van der Waals surface area contributed by atoms with Gasteiger partial charge >= 0.3 is 5.97 Å². The Bertz CT molecular complexity index is 389. The molecule has 0 bridgehead atoms. The number of carboxylic acids is 1. The quantitative estimate of drug-likeness (QED) is 0.273. The van der Waals surface area contributed by atoms with Gasteiger partial charge in [-0.15, -0.1) is 0 Å². The first kappa shape index (κ1) is 23.4. The summed E-state index contributed by atoms with van der Waals surface area (Å²) >= 11 is 0. The molecular weight excluding hydrogens is 314 g/mol. The molecule has 0 radical (unpaired) electrons.